The molecule has 1 fully saturated rings. The molecule has 0 radical (unpaired) electrons. The number of amides is 1. The fourth-order valence-corrected chi connectivity index (χ4v) is 3.55. The molecule has 1 aliphatic heterocycles. The van der Waals surface area contributed by atoms with Crippen molar-refractivity contribution in [2.24, 2.45) is 5.92 Å². The highest BCUT2D eigenvalue weighted by molar-refractivity contribution is 7.99. The van der Waals surface area contributed by atoms with Crippen molar-refractivity contribution in [3.63, 3.8) is 0 Å². The van der Waals surface area contributed by atoms with Crippen molar-refractivity contribution in [2.75, 3.05) is 45.8 Å². The van der Waals surface area contributed by atoms with Gasteiger partial charge in [-0.3, -0.25) is 4.79 Å². The van der Waals surface area contributed by atoms with E-state index in [1.54, 1.807) is 18.9 Å². The lowest BCUT2D eigenvalue weighted by Gasteiger charge is -2.31. The third-order valence-corrected chi connectivity index (χ3v) is 5.08. The summed E-state index contributed by atoms with van der Waals surface area (Å²) in [6.07, 6.45) is 2.09. The standard InChI is InChI=1S/C18H27NO3S/c1-21-11-12-22-13-16-7-9-19(10-8-16)18(20)15-23-14-17-5-3-2-4-6-17/h2-6,16H,7-15H2,1H3. The summed E-state index contributed by atoms with van der Waals surface area (Å²) in [6.45, 7) is 3.82. The van der Waals surface area contributed by atoms with Crippen LogP contribution in [0.1, 0.15) is 18.4 Å². The van der Waals surface area contributed by atoms with Gasteiger partial charge in [0.15, 0.2) is 0 Å². The van der Waals surface area contributed by atoms with Crippen LogP contribution >= 0.6 is 11.8 Å². The number of rotatable bonds is 9. The van der Waals surface area contributed by atoms with Gasteiger partial charge in [0, 0.05) is 32.6 Å². The number of methoxy groups -OCH3 is 1. The molecule has 0 aromatic heterocycles. The predicted molar refractivity (Wildman–Crippen MR) is 94.6 cm³/mol. The van der Waals surface area contributed by atoms with Crippen molar-refractivity contribution in [3.8, 4) is 0 Å². The smallest absolute Gasteiger partial charge is 0.232 e. The molecule has 0 unspecified atom stereocenters. The van der Waals surface area contributed by atoms with E-state index in [1.165, 1.54) is 5.56 Å². The summed E-state index contributed by atoms with van der Waals surface area (Å²) in [7, 11) is 1.68. The van der Waals surface area contributed by atoms with E-state index in [4.69, 9.17) is 9.47 Å². The zero-order valence-corrected chi connectivity index (χ0v) is 14.7. The summed E-state index contributed by atoms with van der Waals surface area (Å²) in [4.78, 5) is 14.3. The van der Waals surface area contributed by atoms with Gasteiger partial charge in [0.1, 0.15) is 0 Å². The highest BCUT2D eigenvalue weighted by Gasteiger charge is 2.22. The number of piperidine rings is 1. The Hall–Kier alpha value is -1.04. The topological polar surface area (TPSA) is 38.8 Å². The van der Waals surface area contributed by atoms with E-state index in [-0.39, 0.29) is 5.91 Å². The molecule has 1 heterocycles. The molecule has 0 bridgehead atoms. The Morgan fingerprint density at radius 2 is 1.96 bits per heavy atom. The fourth-order valence-electron chi connectivity index (χ4n) is 2.66. The molecule has 23 heavy (non-hydrogen) atoms. The Kier molecular flexibility index (Phi) is 8.50. The minimum Gasteiger partial charge on any atom is -0.382 e. The van der Waals surface area contributed by atoms with Crippen molar-refractivity contribution in [1.82, 2.24) is 4.90 Å². The molecule has 5 heteroatoms. The molecule has 0 spiro atoms. The SMILES string of the molecule is COCCOCC1CCN(C(=O)CSCc2ccccc2)CC1. The van der Waals surface area contributed by atoms with Crippen LogP contribution in [0.5, 0.6) is 0 Å². The van der Waals surface area contributed by atoms with Crippen molar-refractivity contribution < 1.29 is 14.3 Å². The molecular weight excluding hydrogens is 310 g/mol. The van der Waals surface area contributed by atoms with Gasteiger partial charge in [-0.15, -0.1) is 11.8 Å². The summed E-state index contributed by atoms with van der Waals surface area (Å²) < 4.78 is 10.6. The molecule has 1 aromatic carbocycles. The Bertz CT molecular complexity index is 447. The highest BCUT2D eigenvalue weighted by atomic mass is 32.2. The molecule has 1 aliphatic rings. The highest BCUT2D eigenvalue weighted by Crippen LogP contribution is 2.19. The molecule has 0 saturated carbocycles. The first-order chi connectivity index (χ1) is 11.3. The molecule has 0 N–H and O–H groups in total. The van der Waals surface area contributed by atoms with Crippen LogP contribution in [0.4, 0.5) is 0 Å². The van der Waals surface area contributed by atoms with Crippen molar-refractivity contribution in [1.29, 1.82) is 0 Å². The second-order valence-electron chi connectivity index (χ2n) is 5.87. The molecule has 4 nitrogen and oxygen atoms in total. The lowest BCUT2D eigenvalue weighted by atomic mass is 9.98. The van der Waals surface area contributed by atoms with E-state index in [0.717, 1.165) is 38.3 Å². The summed E-state index contributed by atoms with van der Waals surface area (Å²) in [5, 5.41) is 0. The van der Waals surface area contributed by atoms with Gasteiger partial charge in [-0.05, 0) is 24.3 Å². The van der Waals surface area contributed by atoms with Crippen molar-refractivity contribution >= 4 is 17.7 Å². The van der Waals surface area contributed by atoms with Gasteiger partial charge in [0.2, 0.25) is 5.91 Å². The van der Waals surface area contributed by atoms with E-state index < -0.39 is 0 Å². The normalized spacial score (nSPS) is 15.8. The second kappa shape index (κ2) is 10.7. The molecule has 0 atom stereocenters. The number of carbonyl (C=O) groups is 1. The molecule has 1 aromatic rings. The van der Waals surface area contributed by atoms with Crippen molar-refractivity contribution in [2.45, 2.75) is 18.6 Å². The fraction of sp³-hybridized carbons (Fsp3) is 0.611. The van der Waals surface area contributed by atoms with Gasteiger partial charge in [-0.1, -0.05) is 30.3 Å². The lowest BCUT2D eigenvalue weighted by Crippen LogP contribution is -2.40. The monoisotopic (exact) mass is 337 g/mol. The maximum atomic E-state index is 12.3. The van der Waals surface area contributed by atoms with E-state index in [1.807, 2.05) is 23.1 Å². The average Bonchev–Trinajstić information content (AvgIpc) is 2.60. The number of ether oxygens (including phenoxy) is 2. The van der Waals surface area contributed by atoms with Crippen LogP contribution in [-0.4, -0.2) is 56.6 Å². The summed E-state index contributed by atoms with van der Waals surface area (Å²) in [6, 6.07) is 10.3. The molecule has 128 valence electrons. The van der Waals surface area contributed by atoms with E-state index in [0.29, 0.717) is 24.9 Å². The first-order valence-corrected chi connectivity index (χ1v) is 9.41. The molecule has 1 saturated heterocycles. The van der Waals surface area contributed by atoms with Crippen molar-refractivity contribution in [3.05, 3.63) is 35.9 Å². The van der Waals surface area contributed by atoms with Gasteiger partial charge in [-0.2, -0.15) is 0 Å². The molecular formula is C18H27NO3S. The second-order valence-corrected chi connectivity index (χ2v) is 6.86. The molecule has 1 amide bonds. The zero-order chi connectivity index (χ0) is 16.3. The maximum absolute atomic E-state index is 12.3. The van der Waals surface area contributed by atoms with E-state index in [2.05, 4.69) is 12.1 Å². The zero-order valence-electron chi connectivity index (χ0n) is 13.9. The average molecular weight is 337 g/mol. The first kappa shape index (κ1) is 18.3. The lowest BCUT2D eigenvalue weighted by molar-refractivity contribution is -0.130. The van der Waals surface area contributed by atoms with Crippen LogP contribution in [0, 0.1) is 5.92 Å². The third-order valence-electron chi connectivity index (χ3n) is 4.09. The van der Waals surface area contributed by atoms with Gasteiger partial charge in [0.05, 0.1) is 19.0 Å². The number of hydrogen-bond acceptors (Lipinski definition) is 4. The first-order valence-electron chi connectivity index (χ1n) is 8.25. The molecule has 0 aliphatic carbocycles. The quantitative estimate of drug-likeness (QED) is 0.650. The van der Waals surface area contributed by atoms with Crippen LogP contribution in [0.15, 0.2) is 30.3 Å². The Morgan fingerprint density at radius 1 is 1.22 bits per heavy atom. The predicted octanol–water partition coefficient (Wildman–Crippen LogP) is 2.82. The number of nitrogens with zero attached hydrogens (tertiary/aromatic N) is 1. The summed E-state index contributed by atoms with van der Waals surface area (Å²) >= 11 is 1.70. The Balaban J connectivity index is 1.58. The van der Waals surface area contributed by atoms with Crippen LogP contribution in [0.3, 0.4) is 0 Å². The number of carbonyl (C=O) groups excluding carboxylic acids is 1. The number of benzene rings is 1. The summed E-state index contributed by atoms with van der Waals surface area (Å²) in [5.41, 5.74) is 1.28. The van der Waals surface area contributed by atoms with Gasteiger partial charge in [-0.25, -0.2) is 0 Å². The number of hydrogen-bond donors (Lipinski definition) is 0. The largest absolute Gasteiger partial charge is 0.382 e. The summed E-state index contributed by atoms with van der Waals surface area (Å²) in [5.74, 6) is 2.32. The van der Waals surface area contributed by atoms with Crippen LogP contribution < -0.4 is 0 Å². The van der Waals surface area contributed by atoms with Crippen LogP contribution in [0.25, 0.3) is 0 Å². The Labute approximate surface area is 143 Å². The Morgan fingerprint density at radius 3 is 2.65 bits per heavy atom. The number of thioether (sulfide) groups is 1. The molecule has 2 rings (SSSR count). The van der Waals surface area contributed by atoms with Crippen LogP contribution in [0.2, 0.25) is 0 Å². The minimum absolute atomic E-state index is 0.268. The van der Waals surface area contributed by atoms with Gasteiger partial charge in [0.25, 0.3) is 0 Å². The number of likely N-dealkylation sites (tertiary alicyclic amines) is 1. The third kappa shape index (κ3) is 6.94. The van der Waals surface area contributed by atoms with Crippen LogP contribution in [-0.2, 0) is 20.0 Å². The van der Waals surface area contributed by atoms with E-state index >= 15 is 0 Å². The van der Waals surface area contributed by atoms with Gasteiger partial charge >= 0.3 is 0 Å². The maximum Gasteiger partial charge on any atom is 0.232 e. The minimum atomic E-state index is 0.268. The van der Waals surface area contributed by atoms with E-state index in [9.17, 15) is 4.79 Å². The van der Waals surface area contributed by atoms with Gasteiger partial charge < -0.3 is 14.4 Å².